The van der Waals surface area contributed by atoms with E-state index in [1.165, 1.54) is 12.1 Å². The molecule has 0 radical (unpaired) electrons. The van der Waals surface area contributed by atoms with Gasteiger partial charge in [-0.05, 0) is 41.6 Å². The van der Waals surface area contributed by atoms with E-state index in [4.69, 9.17) is 4.74 Å². The van der Waals surface area contributed by atoms with E-state index < -0.39 is 6.36 Å². The van der Waals surface area contributed by atoms with Crippen LogP contribution in [0.3, 0.4) is 0 Å². The zero-order valence-electron chi connectivity index (χ0n) is 7.77. The quantitative estimate of drug-likeness (QED) is 0.788. The number of hydrogen-bond acceptors (Lipinski definition) is 2. The van der Waals surface area contributed by atoms with Crippen LogP contribution < -0.4 is 9.47 Å². The van der Waals surface area contributed by atoms with Crippen molar-refractivity contribution in [3.63, 3.8) is 0 Å². The van der Waals surface area contributed by atoms with E-state index in [1.54, 1.807) is 35.6 Å². The number of rotatable bonds is 3. The van der Waals surface area contributed by atoms with E-state index >= 15 is 0 Å². The molecule has 0 aromatic heterocycles. The molecule has 0 aliphatic heterocycles. The summed E-state index contributed by atoms with van der Waals surface area (Å²) in [4.78, 5) is 0. The summed E-state index contributed by atoms with van der Waals surface area (Å²) in [6, 6.07) is 4.32. The fraction of sp³-hybridized carbons (Fsp3) is 0.333. The van der Waals surface area contributed by atoms with Crippen LogP contribution in [0.5, 0.6) is 11.5 Å². The highest BCUT2D eigenvalue weighted by molar-refractivity contribution is 14.1. The van der Waals surface area contributed by atoms with Gasteiger partial charge in [-0.3, -0.25) is 0 Å². The average molecular weight is 332 g/mol. The van der Waals surface area contributed by atoms with E-state index in [-0.39, 0.29) is 5.75 Å². The van der Waals surface area contributed by atoms with Crippen LogP contribution in [-0.2, 0) is 0 Å². The molecule has 2 nitrogen and oxygen atoms in total. The van der Waals surface area contributed by atoms with Crippen molar-refractivity contribution >= 4 is 22.6 Å². The van der Waals surface area contributed by atoms with E-state index in [0.717, 1.165) is 0 Å². The van der Waals surface area contributed by atoms with Gasteiger partial charge in [0.15, 0.2) is 0 Å². The van der Waals surface area contributed by atoms with Crippen molar-refractivity contribution in [1.29, 1.82) is 0 Å². The zero-order valence-corrected chi connectivity index (χ0v) is 9.93. The Kier molecular flexibility index (Phi) is 4.06. The Labute approximate surface area is 98.5 Å². The summed E-state index contributed by atoms with van der Waals surface area (Å²) in [5.74, 6) is 0.117. The lowest BCUT2D eigenvalue weighted by Crippen LogP contribution is -2.17. The SMILES string of the molecule is CCOc1ccc(I)c(OC(F)(F)F)c1. The Morgan fingerprint density at radius 1 is 1.33 bits per heavy atom. The summed E-state index contributed by atoms with van der Waals surface area (Å²) in [5.41, 5.74) is 0. The molecule has 6 heteroatoms. The van der Waals surface area contributed by atoms with Gasteiger partial charge in [-0.1, -0.05) is 0 Å². The van der Waals surface area contributed by atoms with Gasteiger partial charge in [-0.15, -0.1) is 13.2 Å². The highest BCUT2D eigenvalue weighted by Crippen LogP contribution is 2.30. The van der Waals surface area contributed by atoms with Crippen LogP contribution in [0, 0.1) is 3.57 Å². The molecule has 0 atom stereocenters. The summed E-state index contributed by atoms with van der Waals surface area (Å²) in [5, 5.41) is 0. The Hall–Kier alpha value is -0.660. The Morgan fingerprint density at radius 3 is 2.53 bits per heavy atom. The van der Waals surface area contributed by atoms with Gasteiger partial charge in [0.05, 0.1) is 10.2 Å². The van der Waals surface area contributed by atoms with Crippen LogP contribution in [0.15, 0.2) is 18.2 Å². The minimum atomic E-state index is -4.68. The van der Waals surface area contributed by atoms with Crippen molar-refractivity contribution < 1.29 is 22.6 Å². The smallest absolute Gasteiger partial charge is 0.494 e. The summed E-state index contributed by atoms with van der Waals surface area (Å²) in [6.07, 6.45) is -4.68. The van der Waals surface area contributed by atoms with Gasteiger partial charge >= 0.3 is 6.36 Å². The van der Waals surface area contributed by atoms with Gasteiger partial charge in [0.25, 0.3) is 0 Å². The standard InChI is InChI=1S/C9H8F3IO2/c1-2-14-6-3-4-7(13)8(5-6)15-9(10,11)12/h3-5H,2H2,1H3. The summed E-state index contributed by atoms with van der Waals surface area (Å²) < 4.78 is 45.2. The normalized spacial score (nSPS) is 11.3. The first-order valence-electron chi connectivity index (χ1n) is 4.10. The maximum Gasteiger partial charge on any atom is 0.573 e. The van der Waals surface area contributed by atoms with Crippen LogP contribution in [-0.4, -0.2) is 13.0 Å². The molecule has 1 aromatic rings. The lowest BCUT2D eigenvalue weighted by Gasteiger charge is -2.11. The van der Waals surface area contributed by atoms with Gasteiger partial charge in [0, 0.05) is 6.07 Å². The highest BCUT2D eigenvalue weighted by Gasteiger charge is 2.32. The second kappa shape index (κ2) is 4.91. The topological polar surface area (TPSA) is 18.5 Å². The molecule has 0 amide bonds. The molecular formula is C9H8F3IO2. The maximum atomic E-state index is 12.0. The summed E-state index contributed by atoms with van der Waals surface area (Å²) >= 11 is 1.76. The Balaban J connectivity index is 2.90. The van der Waals surface area contributed by atoms with E-state index in [9.17, 15) is 13.2 Å². The number of ether oxygens (including phenoxy) is 2. The minimum Gasteiger partial charge on any atom is -0.494 e. The second-order valence-electron chi connectivity index (χ2n) is 2.57. The number of hydrogen-bond donors (Lipinski definition) is 0. The van der Waals surface area contributed by atoms with Crippen molar-refractivity contribution in [1.82, 2.24) is 0 Å². The predicted molar refractivity (Wildman–Crippen MR) is 57.0 cm³/mol. The molecule has 0 aliphatic rings. The van der Waals surface area contributed by atoms with Crippen molar-refractivity contribution in [2.45, 2.75) is 13.3 Å². The van der Waals surface area contributed by atoms with Crippen LogP contribution in [0.25, 0.3) is 0 Å². The van der Waals surface area contributed by atoms with Gasteiger partial charge in [-0.25, -0.2) is 0 Å². The highest BCUT2D eigenvalue weighted by atomic mass is 127. The zero-order chi connectivity index (χ0) is 11.5. The first kappa shape index (κ1) is 12.4. The fourth-order valence-electron chi connectivity index (χ4n) is 0.943. The summed E-state index contributed by atoms with van der Waals surface area (Å²) in [7, 11) is 0. The molecule has 1 rings (SSSR count). The molecule has 15 heavy (non-hydrogen) atoms. The lowest BCUT2D eigenvalue weighted by molar-refractivity contribution is -0.275. The van der Waals surface area contributed by atoms with E-state index in [1.807, 2.05) is 0 Å². The first-order valence-corrected chi connectivity index (χ1v) is 5.18. The van der Waals surface area contributed by atoms with Crippen LogP contribution in [0.4, 0.5) is 13.2 Å². The summed E-state index contributed by atoms with van der Waals surface area (Å²) in [6.45, 7) is 2.15. The molecule has 0 unspecified atom stereocenters. The van der Waals surface area contributed by atoms with Crippen LogP contribution in [0.2, 0.25) is 0 Å². The predicted octanol–water partition coefficient (Wildman–Crippen LogP) is 3.59. The fourth-order valence-corrected chi connectivity index (χ4v) is 1.39. The lowest BCUT2D eigenvalue weighted by atomic mass is 10.3. The number of alkyl halides is 3. The number of halogens is 4. The van der Waals surface area contributed by atoms with Crippen molar-refractivity contribution in [2.75, 3.05) is 6.61 Å². The second-order valence-corrected chi connectivity index (χ2v) is 3.74. The third-order valence-corrected chi connectivity index (χ3v) is 2.33. The van der Waals surface area contributed by atoms with Gasteiger partial charge in [-0.2, -0.15) is 0 Å². The first-order chi connectivity index (χ1) is 6.92. The molecule has 0 fully saturated rings. The molecule has 0 saturated heterocycles. The minimum absolute atomic E-state index is 0.242. The molecule has 0 N–H and O–H groups in total. The van der Waals surface area contributed by atoms with Crippen molar-refractivity contribution in [3.8, 4) is 11.5 Å². The van der Waals surface area contributed by atoms with Crippen LogP contribution >= 0.6 is 22.6 Å². The molecule has 84 valence electrons. The third-order valence-electron chi connectivity index (χ3n) is 1.44. The maximum absolute atomic E-state index is 12.0. The van der Waals surface area contributed by atoms with Gasteiger partial charge < -0.3 is 9.47 Å². The Morgan fingerprint density at radius 2 is 2.00 bits per heavy atom. The van der Waals surface area contributed by atoms with E-state index in [0.29, 0.717) is 15.9 Å². The molecule has 0 aliphatic carbocycles. The van der Waals surface area contributed by atoms with Crippen molar-refractivity contribution in [2.24, 2.45) is 0 Å². The molecule has 0 bridgehead atoms. The average Bonchev–Trinajstić information content (AvgIpc) is 2.09. The molecule has 0 saturated carbocycles. The monoisotopic (exact) mass is 332 g/mol. The van der Waals surface area contributed by atoms with Gasteiger partial charge in [0.1, 0.15) is 11.5 Å². The Bertz CT molecular complexity index is 339. The van der Waals surface area contributed by atoms with E-state index in [2.05, 4.69) is 4.74 Å². The molecule has 0 spiro atoms. The number of benzene rings is 1. The molecule has 1 aromatic carbocycles. The van der Waals surface area contributed by atoms with Crippen LogP contribution in [0.1, 0.15) is 6.92 Å². The molecule has 0 heterocycles. The molecular weight excluding hydrogens is 324 g/mol. The third kappa shape index (κ3) is 4.15. The van der Waals surface area contributed by atoms with Crippen molar-refractivity contribution in [3.05, 3.63) is 21.8 Å². The largest absolute Gasteiger partial charge is 0.573 e. The van der Waals surface area contributed by atoms with Gasteiger partial charge in [0.2, 0.25) is 0 Å².